The predicted molar refractivity (Wildman–Crippen MR) is 51.7 cm³/mol. The largest absolute Gasteiger partial charge is 0.507 e. The molecule has 0 spiro atoms. The summed E-state index contributed by atoms with van der Waals surface area (Å²) in [5.41, 5.74) is 1.44. The zero-order chi connectivity index (χ0) is 9.97. The Kier molecular flexibility index (Phi) is 2.10. The molecule has 14 heavy (non-hydrogen) atoms. The molecule has 4 heteroatoms. The normalized spacial score (nSPS) is 10.1. The molecule has 0 atom stereocenters. The van der Waals surface area contributed by atoms with E-state index in [2.05, 4.69) is 15.0 Å². The number of rotatable bonds is 1. The third kappa shape index (κ3) is 1.42. The van der Waals surface area contributed by atoms with Gasteiger partial charge in [-0.1, -0.05) is 12.1 Å². The minimum absolute atomic E-state index is 0.221. The number of benzene rings is 1. The summed E-state index contributed by atoms with van der Waals surface area (Å²) in [6, 6.07) is 5.46. The van der Waals surface area contributed by atoms with Crippen LogP contribution in [0, 0.1) is 6.92 Å². The zero-order valence-electron chi connectivity index (χ0n) is 7.68. The number of para-hydroxylation sites is 1. The summed E-state index contributed by atoms with van der Waals surface area (Å²) in [5, 5.41) is 9.75. The molecular weight excluding hydrogens is 178 g/mol. The van der Waals surface area contributed by atoms with Crippen molar-refractivity contribution in [3.63, 3.8) is 0 Å². The maximum absolute atomic E-state index is 9.75. The highest BCUT2D eigenvalue weighted by Gasteiger charge is 2.07. The number of hydrogen-bond donors (Lipinski definition) is 1. The molecule has 2 rings (SSSR count). The predicted octanol–water partition coefficient (Wildman–Crippen LogP) is 1.55. The van der Waals surface area contributed by atoms with Gasteiger partial charge in [-0.3, -0.25) is 0 Å². The van der Waals surface area contributed by atoms with Crippen LogP contribution in [0.2, 0.25) is 0 Å². The molecule has 0 bridgehead atoms. The standard InChI is InChI=1S/C10H9N3O/c1-7-3-2-4-8(9(7)14)10-12-5-11-6-13-10/h2-6,14H,1H3. The van der Waals surface area contributed by atoms with Crippen molar-refractivity contribution in [1.29, 1.82) is 0 Å². The van der Waals surface area contributed by atoms with Crippen molar-refractivity contribution in [2.75, 3.05) is 0 Å². The average molecular weight is 187 g/mol. The highest BCUT2D eigenvalue weighted by molar-refractivity contribution is 5.65. The van der Waals surface area contributed by atoms with Gasteiger partial charge in [-0.2, -0.15) is 0 Å². The Balaban J connectivity index is 2.58. The summed E-state index contributed by atoms with van der Waals surface area (Å²) >= 11 is 0. The fourth-order valence-electron chi connectivity index (χ4n) is 1.22. The van der Waals surface area contributed by atoms with Crippen molar-refractivity contribution in [3.8, 4) is 17.1 Å². The van der Waals surface area contributed by atoms with Gasteiger partial charge in [0.15, 0.2) is 5.82 Å². The summed E-state index contributed by atoms with van der Waals surface area (Å²) in [4.78, 5) is 11.7. The fraction of sp³-hybridized carbons (Fsp3) is 0.100. The van der Waals surface area contributed by atoms with E-state index in [0.29, 0.717) is 11.4 Å². The maximum atomic E-state index is 9.75. The highest BCUT2D eigenvalue weighted by atomic mass is 16.3. The lowest BCUT2D eigenvalue weighted by atomic mass is 10.1. The summed E-state index contributed by atoms with van der Waals surface area (Å²) < 4.78 is 0. The molecule has 0 saturated carbocycles. The number of aryl methyl sites for hydroxylation is 1. The fourth-order valence-corrected chi connectivity index (χ4v) is 1.22. The van der Waals surface area contributed by atoms with Crippen molar-refractivity contribution in [3.05, 3.63) is 36.4 Å². The van der Waals surface area contributed by atoms with E-state index in [-0.39, 0.29) is 5.75 Å². The SMILES string of the molecule is Cc1cccc(-c2ncncn2)c1O. The van der Waals surface area contributed by atoms with E-state index in [4.69, 9.17) is 0 Å². The smallest absolute Gasteiger partial charge is 0.166 e. The van der Waals surface area contributed by atoms with Gasteiger partial charge in [0.25, 0.3) is 0 Å². The molecule has 70 valence electrons. The molecule has 1 aromatic carbocycles. The van der Waals surface area contributed by atoms with Crippen molar-refractivity contribution in [1.82, 2.24) is 15.0 Å². The third-order valence-corrected chi connectivity index (χ3v) is 1.97. The lowest BCUT2D eigenvalue weighted by molar-refractivity contribution is 0.472. The van der Waals surface area contributed by atoms with Crippen molar-refractivity contribution in [2.24, 2.45) is 0 Å². The van der Waals surface area contributed by atoms with Gasteiger partial charge in [0, 0.05) is 0 Å². The Morgan fingerprint density at radius 2 is 1.86 bits per heavy atom. The van der Waals surface area contributed by atoms with Gasteiger partial charge in [0.05, 0.1) is 5.56 Å². The molecule has 0 amide bonds. The average Bonchev–Trinajstić information content (AvgIpc) is 2.23. The van der Waals surface area contributed by atoms with E-state index in [1.807, 2.05) is 19.1 Å². The monoisotopic (exact) mass is 187 g/mol. The summed E-state index contributed by atoms with van der Waals surface area (Å²) in [6.45, 7) is 1.83. The Hall–Kier alpha value is -1.97. The van der Waals surface area contributed by atoms with Crippen LogP contribution in [-0.4, -0.2) is 20.1 Å². The minimum Gasteiger partial charge on any atom is -0.507 e. The molecule has 0 fully saturated rings. The first-order chi connectivity index (χ1) is 6.79. The Morgan fingerprint density at radius 3 is 2.57 bits per heavy atom. The van der Waals surface area contributed by atoms with E-state index < -0.39 is 0 Å². The molecular formula is C10H9N3O. The van der Waals surface area contributed by atoms with Crippen LogP contribution in [-0.2, 0) is 0 Å². The lowest BCUT2D eigenvalue weighted by Gasteiger charge is -2.04. The molecule has 0 aliphatic rings. The second-order valence-corrected chi connectivity index (χ2v) is 2.93. The molecule has 0 aliphatic heterocycles. The van der Waals surface area contributed by atoms with Crippen LogP contribution in [0.3, 0.4) is 0 Å². The molecule has 0 saturated heterocycles. The minimum atomic E-state index is 0.221. The molecule has 0 aliphatic carbocycles. The molecule has 0 unspecified atom stereocenters. The van der Waals surface area contributed by atoms with Gasteiger partial charge in [-0.05, 0) is 18.6 Å². The van der Waals surface area contributed by atoms with Crippen molar-refractivity contribution < 1.29 is 5.11 Å². The van der Waals surface area contributed by atoms with Gasteiger partial charge in [0.2, 0.25) is 0 Å². The van der Waals surface area contributed by atoms with E-state index >= 15 is 0 Å². The van der Waals surface area contributed by atoms with Crippen LogP contribution < -0.4 is 0 Å². The van der Waals surface area contributed by atoms with Crippen LogP contribution in [0.1, 0.15) is 5.56 Å². The second kappa shape index (κ2) is 3.41. The van der Waals surface area contributed by atoms with E-state index in [9.17, 15) is 5.11 Å². The number of phenolic OH excluding ortho intramolecular Hbond substituents is 1. The van der Waals surface area contributed by atoms with Crippen LogP contribution in [0.4, 0.5) is 0 Å². The molecule has 1 aromatic heterocycles. The van der Waals surface area contributed by atoms with E-state index in [1.165, 1.54) is 12.7 Å². The Morgan fingerprint density at radius 1 is 1.14 bits per heavy atom. The number of nitrogens with zero attached hydrogens (tertiary/aromatic N) is 3. The molecule has 2 aromatic rings. The number of aromatic hydroxyl groups is 1. The molecule has 1 heterocycles. The quantitative estimate of drug-likeness (QED) is 0.735. The van der Waals surface area contributed by atoms with Gasteiger partial charge in [-0.25, -0.2) is 15.0 Å². The summed E-state index contributed by atoms with van der Waals surface area (Å²) in [5.74, 6) is 0.708. The van der Waals surface area contributed by atoms with Gasteiger partial charge in [-0.15, -0.1) is 0 Å². The highest BCUT2D eigenvalue weighted by Crippen LogP contribution is 2.28. The first-order valence-corrected chi connectivity index (χ1v) is 4.20. The van der Waals surface area contributed by atoms with Gasteiger partial charge >= 0.3 is 0 Å². The van der Waals surface area contributed by atoms with Crippen LogP contribution in [0.5, 0.6) is 5.75 Å². The second-order valence-electron chi connectivity index (χ2n) is 2.93. The first-order valence-electron chi connectivity index (χ1n) is 4.20. The van der Waals surface area contributed by atoms with Crippen LogP contribution in [0.25, 0.3) is 11.4 Å². The van der Waals surface area contributed by atoms with Gasteiger partial charge in [0.1, 0.15) is 18.4 Å². The van der Waals surface area contributed by atoms with Crippen LogP contribution in [0.15, 0.2) is 30.9 Å². The Bertz CT molecular complexity index is 442. The summed E-state index contributed by atoms with van der Waals surface area (Å²) in [6.07, 6.45) is 2.81. The van der Waals surface area contributed by atoms with E-state index in [1.54, 1.807) is 6.07 Å². The van der Waals surface area contributed by atoms with E-state index in [0.717, 1.165) is 5.56 Å². The van der Waals surface area contributed by atoms with Crippen molar-refractivity contribution >= 4 is 0 Å². The molecule has 1 N–H and O–H groups in total. The molecule has 4 nitrogen and oxygen atoms in total. The lowest BCUT2D eigenvalue weighted by Crippen LogP contribution is -1.90. The summed E-state index contributed by atoms with van der Waals surface area (Å²) in [7, 11) is 0. The Labute approximate surface area is 81.3 Å². The number of hydrogen-bond acceptors (Lipinski definition) is 4. The zero-order valence-corrected chi connectivity index (χ0v) is 7.68. The van der Waals surface area contributed by atoms with Gasteiger partial charge < -0.3 is 5.11 Å². The molecule has 0 radical (unpaired) electrons. The number of phenols is 1. The third-order valence-electron chi connectivity index (χ3n) is 1.97. The topological polar surface area (TPSA) is 58.9 Å². The van der Waals surface area contributed by atoms with Crippen LogP contribution >= 0.6 is 0 Å². The first kappa shape index (κ1) is 8.62. The maximum Gasteiger partial charge on any atom is 0.166 e. The number of aromatic nitrogens is 3. The van der Waals surface area contributed by atoms with Crippen molar-refractivity contribution in [2.45, 2.75) is 6.92 Å².